The Bertz CT molecular complexity index is 1030. The van der Waals surface area contributed by atoms with Gasteiger partial charge in [-0.1, -0.05) is 33.3 Å². The number of hydrogen-bond acceptors (Lipinski definition) is 3. The summed E-state index contributed by atoms with van der Waals surface area (Å²) in [7, 11) is 0. The third-order valence-electron chi connectivity index (χ3n) is 6.63. The van der Waals surface area contributed by atoms with Gasteiger partial charge in [0, 0.05) is 18.2 Å². The van der Waals surface area contributed by atoms with Crippen LogP contribution in [-0.4, -0.2) is 21.5 Å². The Morgan fingerprint density at radius 1 is 1.34 bits per heavy atom. The average Bonchev–Trinajstić information content (AvgIpc) is 2.71. The molecule has 0 atom stereocenters. The van der Waals surface area contributed by atoms with E-state index in [1.54, 1.807) is 24.3 Å². The van der Waals surface area contributed by atoms with Crippen LogP contribution in [-0.2, 0) is 6.54 Å². The molecule has 1 amide bonds. The first-order valence-corrected chi connectivity index (χ1v) is 10.9. The lowest BCUT2D eigenvalue weighted by atomic mass is 9.69. The minimum atomic E-state index is -0.174. The Kier molecular flexibility index (Phi) is 6.42. The fraction of sp³-hybridized carbons (Fsp3) is 0.522. The minimum Gasteiger partial charge on any atom is -0.349 e. The zero-order chi connectivity index (χ0) is 21.2. The number of carbonyl (C=O) groups is 1. The predicted molar refractivity (Wildman–Crippen MR) is 121 cm³/mol. The van der Waals surface area contributed by atoms with Crippen LogP contribution >= 0.6 is 12.2 Å². The Hall–Kier alpha value is -2.21. The minimum absolute atomic E-state index is 0.0975. The molecule has 2 aromatic rings. The Labute approximate surface area is 177 Å². The largest absolute Gasteiger partial charge is 0.349 e. The number of hydrogen-bond donors (Lipinski definition) is 2. The van der Waals surface area contributed by atoms with Gasteiger partial charge >= 0.3 is 0 Å². The van der Waals surface area contributed by atoms with Crippen LogP contribution in [0.25, 0.3) is 10.9 Å². The number of rotatable bonds is 6. The lowest BCUT2D eigenvalue weighted by molar-refractivity contribution is 0.0893. The summed E-state index contributed by atoms with van der Waals surface area (Å²) in [5.74, 6) is 0.624. The summed E-state index contributed by atoms with van der Waals surface area (Å²) in [4.78, 5) is 28.4. The molecule has 1 aliphatic carbocycles. The second kappa shape index (κ2) is 8.66. The number of carbonyl (C=O) groups excluding carboxylic acids is 1. The molecule has 0 radical (unpaired) electrons. The third-order valence-corrected chi connectivity index (χ3v) is 6.96. The first kappa shape index (κ1) is 21.5. The summed E-state index contributed by atoms with van der Waals surface area (Å²) >= 11 is 5.28. The highest BCUT2D eigenvalue weighted by molar-refractivity contribution is 7.71. The maximum Gasteiger partial charge on any atom is 0.262 e. The summed E-state index contributed by atoms with van der Waals surface area (Å²) in [6, 6.07) is 5.32. The first-order chi connectivity index (χ1) is 13.8. The Morgan fingerprint density at radius 3 is 2.66 bits per heavy atom. The van der Waals surface area contributed by atoms with Crippen molar-refractivity contribution in [1.29, 1.82) is 0 Å². The topological polar surface area (TPSA) is 66.9 Å². The van der Waals surface area contributed by atoms with Crippen molar-refractivity contribution >= 4 is 29.0 Å². The van der Waals surface area contributed by atoms with Crippen molar-refractivity contribution in [1.82, 2.24) is 14.9 Å². The van der Waals surface area contributed by atoms with E-state index in [1.165, 1.54) is 11.0 Å². The molecule has 2 N–H and O–H groups in total. The first-order valence-electron chi connectivity index (χ1n) is 10.5. The van der Waals surface area contributed by atoms with E-state index in [0.29, 0.717) is 33.2 Å². The van der Waals surface area contributed by atoms with E-state index in [0.717, 1.165) is 31.6 Å². The van der Waals surface area contributed by atoms with Gasteiger partial charge in [0.1, 0.15) is 0 Å². The summed E-state index contributed by atoms with van der Waals surface area (Å²) in [5.41, 5.74) is 1.32. The molecule has 5 nitrogen and oxygen atoms in total. The van der Waals surface area contributed by atoms with Crippen LogP contribution in [0.5, 0.6) is 0 Å². The van der Waals surface area contributed by atoms with Crippen molar-refractivity contribution in [3.63, 3.8) is 0 Å². The third kappa shape index (κ3) is 4.53. The number of fused-ring (bicyclic) bond motifs is 1. The van der Waals surface area contributed by atoms with Gasteiger partial charge in [-0.15, -0.1) is 6.58 Å². The summed E-state index contributed by atoms with van der Waals surface area (Å²) in [6.45, 7) is 11.0. The Balaban J connectivity index is 1.74. The van der Waals surface area contributed by atoms with Gasteiger partial charge in [-0.3, -0.25) is 14.2 Å². The van der Waals surface area contributed by atoms with Gasteiger partial charge in [-0.05, 0) is 67.4 Å². The van der Waals surface area contributed by atoms with E-state index in [4.69, 9.17) is 12.2 Å². The standard InChI is InChI=1S/C23H31N3O2S/c1-5-13-26-21(28)18-12-7-15(14-19(18)25-22(26)29)20(27)24-17-10-8-16(9-11-17)23(3,4)6-2/h5,7,12,14,16-17H,1,6,8-11,13H2,2-4H3,(H,24,27)(H,25,29). The van der Waals surface area contributed by atoms with Crippen LogP contribution in [0.15, 0.2) is 35.6 Å². The van der Waals surface area contributed by atoms with Crippen molar-refractivity contribution in [2.24, 2.45) is 11.3 Å². The molecule has 6 heteroatoms. The zero-order valence-electron chi connectivity index (χ0n) is 17.6. The maximum atomic E-state index is 12.8. The van der Waals surface area contributed by atoms with Crippen LogP contribution in [0.1, 0.15) is 63.2 Å². The van der Waals surface area contributed by atoms with Crippen molar-refractivity contribution in [2.75, 3.05) is 0 Å². The maximum absolute atomic E-state index is 12.8. The normalized spacial score (nSPS) is 19.8. The van der Waals surface area contributed by atoms with E-state index in [2.05, 4.69) is 37.7 Å². The van der Waals surface area contributed by atoms with Crippen LogP contribution < -0.4 is 10.9 Å². The lowest BCUT2D eigenvalue weighted by Gasteiger charge is -2.39. The van der Waals surface area contributed by atoms with Gasteiger partial charge in [0.2, 0.25) is 0 Å². The van der Waals surface area contributed by atoms with E-state index in [1.807, 2.05) is 0 Å². The van der Waals surface area contributed by atoms with Gasteiger partial charge in [0.05, 0.1) is 10.9 Å². The molecule has 0 spiro atoms. The molecule has 1 aromatic heterocycles. The van der Waals surface area contributed by atoms with Gasteiger partial charge in [0.15, 0.2) is 4.77 Å². The predicted octanol–water partition coefficient (Wildman–Crippen LogP) is 4.97. The molecule has 156 valence electrons. The highest BCUT2D eigenvalue weighted by Gasteiger charge is 2.32. The van der Waals surface area contributed by atoms with Crippen LogP contribution in [0.2, 0.25) is 0 Å². The summed E-state index contributed by atoms with van der Waals surface area (Å²) < 4.78 is 1.79. The fourth-order valence-electron chi connectivity index (χ4n) is 4.27. The Morgan fingerprint density at radius 2 is 2.03 bits per heavy atom. The van der Waals surface area contributed by atoms with E-state index in [9.17, 15) is 9.59 Å². The molecule has 1 aromatic carbocycles. The number of aromatic amines is 1. The van der Waals surface area contributed by atoms with Gasteiger partial charge in [-0.2, -0.15) is 0 Å². The zero-order valence-corrected chi connectivity index (χ0v) is 18.4. The van der Waals surface area contributed by atoms with Crippen LogP contribution in [0.3, 0.4) is 0 Å². The fourth-order valence-corrected chi connectivity index (χ4v) is 4.53. The number of aromatic nitrogens is 2. The number of nitrogens with zero attached hydrogens (tertiary/aromatic N) is 1. The van der Waals surface area contributed by atoms with E-state index in [-0.39, 0.29) is 17.5 Å². The average molecular weight is 414 g/mol. The number of H-pyrrole nitrogens is 1. The molecule has 0 aliphatic heterocycles. The second-order valence-electron chi connectivity index (χ2n) is 8.76. The summed E-state index contributed by atoms with van der Waals surface area (Å²) in [6.07, 6.45) is 7.15. The molecule has 29 heavy (non-hydrogen) atoms. The van der Waals surface area contributed by atoms with Gasteiger partial charge in [0.25, 0.3) is 11.5 Å². The number of amides is 1. The van der Waals surface area contributed by atoms with Crippen LogP contribution in [0, 0.1) is 16.1 Å². The monoisotopic (exact) mass is 413 g/mol. The van der Waals surface area contributed by atoms with Crippen molar-refractivity contribution in [3.05, 3.63) is 51.5 Å². The molecular weight excluding hydrogens is 382 g/mol. The van der Waals surface area contributed by atoms with Crippen molar-refractivity contribution < 1.29 is 4.79 Å². The number of allylic oxidation sites excluding steroid dienone is 1. The quantitative estimate of drug-likeness (QED) is 0.519. The van der Waals surface area contributed by atoms with E-state index < -0.39 is 0 Å². The molecule has 0 saturated heterocycles. The SMILES string of the molecule is C=CCn1c(=S)[nH]c2cc(C(=O)NC3CCC(C(C)(C)CC)CC3)ccc2c1=O. The molecule has 1 aliphatic rings. The van der Waals surface area contributed by atoms with E-state index >= 15 is 0 Å². The number of benzene rings is 1. The summed E-state index contributed by atoms with van der Waals surface area (Å²) in [5, 5.41) is 3.69. The highest BCUT2D eigenvalue weighted by Crippen LogP contribution is 2.40. The molecule has 3 rings (SSSR count). The van der Waals surface area contributed by atoms with Crippen LogP contribution in [0.4, 0.5) is 0 Å². The molecule has 1 fully saturated rings. The molecular formula is C23H31N3O2S. The molecule has 1 saturated carbocycles. The second-order valence-corrected chi connectivity index (χ2v) is 9.15. The van der Waals surface area contributed by atoms with Crippen molar-refractivity contribution in [2.45, 2.75) is 65.5 Å². The number of nitrogens with one attached hydrogen (secondary N) is 2. The van der Waals surface area contributed by atoms with Gasteiger partial charge in [-0.25, -0.2) is 0 Å². The smallest absolute Gasteiger partial charge is 0.262 e. The highest BCUT2D eigenvalue weighted by atomic mass is 32.1. The molecule has 1 heterocycles. The lowest BCUT2D eigenvalue weighted by Crippen LogP contribution is -2.39. The molecule has 0 unspecified atom stereocenters. The molecule has 0 bridgehead atoms. The van der Waals surface area contributed by atoms with Crippen molar-refractivity contribution in [3.8, 4) is 0 Å². The van der Waals surface area contributed by atoms with Gasteiger partial charge < -0.3 is 10.3 Å².